The van der Waals surface area contributed by atoms with Crippen molar-refractivity contribution in [3.8, 4) is 17.4 Å². The molecule has 3 rings (SSSR count). The molecule has 2 N–H and O–H groups in total. The van der Waals surface area contributed by atoms with E-state index in [0.717, 1.165) is 17.0 Å². The molecular weight excluding hydrogens is 328 g/mol. The van der Waals surface area contributed by atoms with Gasteiger partial charge in [-0.2, -0.15) is 14.9 Å². The summed E-state index contributed by atoms with van der Waals surface area (Å²) in [7, 11) is 1.49. The van der Waals surface area contributed by atoms with Gasteiger partial charge in [0, 0.05) is 5.69 Å². The van der Waals surface area contributed by atoms with Crippen molar-refractivity contribution in [2.24, 2.45) is 5.10 Å². The highest BCUT2D eigenvalue weighted by atomic mass is 32.1. The molecule has 3 aromatic rings. The standard InChI is InChI=1S/C15H16N6O2S/c1-9-6-10(2)20(19-9)14-17-18-15(24)21(14)16-8-11-4-5-12(22)13(7-11)23-3/h4-8,22H,1-3H3,(H,18,24)/b16-8+. The van der Waals surface area contributed by atoms with Crippen molar-refractivity contribution in [2.75, 3.05) is 7.11 Å². The molecule has 0 aliphatic carbocycles. The first-order valence-corrected chi connectivity index (χ1v) is 7.53. The first-order valence-electron chi connectivity index (χ1n) is 7.12. The molecule has 0 fully saturated rings. The summed E-state index contributed by atoms with van der Waals surface area (Å²) in [6, 6.07) is 6.87. The third kappa shape index (κ3) is 2.93. The Morgan fingerprint density at radius 3 is 2.79 bits per heavy atom. The third-order valence-electron chi connectivity index (χ3n) is 3.36. The fraction of sp³-hybridized carbons (Fsp3) is 0.200. The predicted octanol–water partition coefficient (Wildman–Crippen LogP) is 2.34. The maximum absolute atomic E-state index is 9.64. The van der Waals surface area contributed by atoms with Gasteiger partial charge in [-0.05, 0) is 55.9 Å². The second kappa shape index (κ2) is 6.28. The van der Waals surface area contributed by atoms with Gasteiger partial charge in [0.25, 0.3) is 5.95 Å². The van der Waals surface area contributed by atoms with Crippen LogP contribution in [0, 0.1) is 18.6 Å². The smallest absolute Gasteiger partial charge is 0.271 e. The quantitative estimate of drug-likeness (QED) is 0.560. The lowest BCUT2D eigenvalue weighted by molar-refractivity contribution is 0.373. The Bertz CT molecular complexity index is 969. The summed E-state index contributed by atoms with van der Waals surface area (Å²) < 4.78 is 8.58. The fourth-order valence-corrected chi connectivity index (χ4v) is 2.43. The second-order valence-corrected chi connectivity index (χ2v) is 5.54. The number of benzene rings is 1. The average molecular weight is 344 g/mol. The van der Waals surface area contributed by atoms with Crippen LogP contribution < -0.4 is 4.74 Å². The number of phenolic OH excluding ortho intramolecular Hbond substituents is 1. The number of hydrogen-bond donors (Lipinski definition) is 2. The van der Waals surface area contributed by atoms with E-state index in [1.54, 1.807) is 23.0 Å². The molecule has 0 radical (unpaired) electrons. The highest BCUT2D eigenvalue weighted by molar-refractivity contribution is 7.71. The molecule has 0 saturated carbocycles. The second-order valence-electron chi connectivity index (χ2n) is 5.16. The Balaban J connectivity index is 2.01. The Hall–Kier alpha value is -2.94. The first kappa shape index (κ1) is 15.9. The number of aromatic nitrogens is 5. The summed E-state index contributed by atoms with van der Waals surface area (Å²) in [5, 5.41) is 25.3. The minimum absolute atomic E-state index is 0.0675. The molecule has 0 saturated heterocycles. The van der Waals surface area contributed by atoms with Gasteiger partial charge in [-0.1, -0.05) is 0 Å². The monoisotopic (exact) mass is 344 g/mol. The minimum Gasteiger partial charge on any atom is -0.504 e. The molecule has 0 unspecified atom stereocenters. The Kier molecular flexibility index (Phi) is 4.17. The largest absolute Gasteiger partial charge is 0.504 e. The summed E-state index contributed by atoms with van der Waals surface area (Å²) >= 11 is 5.23. The van der Waals surface area contributed by atoms with Crippen LogP contribution in [0.3, 0.4) is 0 Å². The number of phenols is 1. The Morgan fingerprint density at radius 1 is 1.33 bits per heavy atom. The molecule has 0 bridgehead atoms. The number of hydrogen-bond acceptors (Lipinski definition) is 6. The van der Waals surface area contributed by atoms with Gasteiger partial charge >= 0.3 is 0 Å². The van der Waals surface area contributed by atoms with Crippen LogP contribution in [-0.4, -0.2) is 43.1 Å². The summed E-state index contributed by atoms with van der Waals surface area (Å²) in [5.74, 6) is 0.902. The maximum atomic E-state index is 9.64. The van der Waals surface area contributed by atoms with Crippen LogP contribution in [0.2, 0.25) is 0 Å². The van der Waals surface area contributed by atoms with Crippen molar-refractivity contribution in [3.63, 3.8) is 0 Å². The van der Waals surface area contributed by atoms with Gasteiger partial charge in [0.2, 0.25) is 4.77 Å². The molecule has 24 heavy (non-hydrogen) atoms. The van der Waals surface area contributed by atoms with E-state index in [2.05, 4.69) is 20.4 Å². The van der Waals surface area contributed by atoms with Crippen LogP contribution in [0.25, 0.3) is 5.95 Å². The number of H-pyrrole nitrogens is 1. The van der Waals surface area contributed by atoms with Crippen molar-refractivity contribution in [3.05, 3.63) is 46.0 Å². The highest BCUT2D eigenvalue weighted by Gasteiger charge is 2.11. The van der Waals surface area contributed by atoms with E-state index in [9.17, 15) is 5.11 Å². The minimum atomic E-state index is 0.0675. The summed E-state index contributed by atoms with van der Waals surface area (Å²) in [6.45, 7) is 3.83. The van der Waals surface area contributed by atoms with Gasteiger partial charge in [0.05, 0.1) is 19.0 Å². The number of methoxy groups -OCH3 is 1. The molecule has 9 heteroatoms. The number of nitrogens with one attached hydrogen (secondary N) is 1. The van der Waals surface area contributed by atoms with Gasteiger partial charge in [-0.15, -0.1) is 5.10 Å². The van der Waals surface area contributed by atoms with E-state index in [1.807, 2.05) is 19.9 Å². The summed E-state index contributed by atoms with van der Waals surface area (Å²) in [6.07, 6.45) is 1.60. The van der Waals surface area contributed by atoms with Crippen LogP contribution in [0.5, 0.6) is 11.5 Å². The molecule has 0 aliphatic rings. The van der Waals surface area contributed by atoms with Gasteiger partial charge in [-0.3, -0.25) is 0 Å². The van der Waals surface area contributed by atoms with Gasteiger partial charge in [0.1, 0.15) is 0 Å². The highest BCUT2D eigenvalue weighted by Crippen LogP contribution is 2.25. The summed E-state index contributed by atoms with van der Waals surface area (Å²) in [4.78, 5) is 0. The zero-order valence-electron chi connectivity index (χ0n) is 13.4. The molecule has 2 aromatic heterocycles. The molecule has 0 spiro atoms. The van der Waals surface area contributed by atoms with Crippen molar-refractivity contribution in [1.29, 1.82) is 0 Å². The normalized spacial score (nSPS) is 11.3. The average Bonchev–Trinajstić information content (AvgIpc) is 3.08. The SMILES string of the molecule is COc1cc(/C=N/n2c(-n3nc(C)cc3C)n[nH]c2=S)ccc1O. The summed E-state index contributed by atoms with van der Waals surface area (Å²) in [5.41, 5.74) is 2.54. The molecule has 0 amide bonds. The van der Waals surface area contributed by atoms with Crippen molar-refractivity contribution in [2.45, 2.75) is 13.8 Å². The van der Waals surface area contributed by atoms with E-state index in [1.165, 1.54) is 17.9 Å². The number of aromatic hydroxyl groups is 1. The van der Waals surface area contributed by atoms with E-state index in [4.69, 9.17) is 17.0 Å². The molecule has 0 aliphatic heterocycles. The fourth-order valence-electron chi connectivity index (χ4n) is 2.25. The van der Waals surface area contributed by atoms with E-state index in [0.29, 0.717) is 16.5 Å². The van der Waals surface area contributed by atoms with Gasteiger partial charge < -0.3 is 9.84 Å². The van der Waals surface area contributed by atoms with Gasteiger partial charge in [-0.25, -0.2) is 9.78 Å². The molecule has 0 atom stereocenters. The predicted molar refractivity (Wildman–Crippen MR) is 91.7 cm³/mol. The maximum Gasteiger partial charge on any atom is 0.271 e. The van der Waals surface area contributed by atoms with E-state index < -0.39 is 0 Å². The molecule has 124 valence electrons. The number of nitrogens with zero attached hydrogens (tertiary/aromatic N) is 5. The topological polar surface area (TPSA) is 93.3 Å². The van der Waals surface area contributed by atoms with E-state index in [-0.39, 0.29) is 5.75 Å². The lowest BCUT2D eigenvalue weighted by atomic mass is 10.2. The molecule has 2 heterocycles. The Morgan fingerprint density at radius 2 is 2.12 bits per heavy atom. The van der Waals surface area contributed by atoms with E-state index >= 15 is 0 Å². The number of aromatic amines is 1. The number of aryl methyl sites for hydroxylation is 2. The van der Waals surface area contributed by atoms with Crippen LogP contribution in [-0.2, 0) is 0 Å². The van der Waals surface area contributed by atoms with Crippen LogP contribution in [0.15, 0.2) is 29.4 Å². The van der Waals surface area contributed by atoms with Crippen LogP contribution >= 0.6 is 12.2 Å². The zero-order valence-corrected chi connectivity index (χ0v) is 14.2. The van der Waals surface area contributed by atoms with Gasteiger partial charge in [0.15, 0.2) is 11.5 Å². The molecular formula is C15H16N6O2S. The van der Waals surface area contributed by atoms with Crippen molar-refractivity contribution in [1.82, 2.24) is 24.7 Å². The van der Waals surface area contributed by atoms with Crippen LogP contribution in [0.1, 0.15) is 17.0 Å². The van der Waals surface area contributed by atoms with Crippen LogP contribution in [0.4, 0.5) is 0 Å². The molecule has 1 aromatic carbocycles. The Labute approximate surface area is 143 Å². The number of ether oxygens (including phenoxy) is 1. The zero-order chi connectivity index (χ0) is 17.3. The first-order chi connectivity index (χ1) is 11.5. The number of rotatable bonds is 4. The third-order valence-corrected chi connectivity index (χ3v) is 3.62. The lowest BCUT2D eigenvalue weighted by Gasteiger charge is -2.04. The molecule has 8 nitrogen and oxygen atoms in total. The van der Waals surface area contributed by atoms with Crippen molar-refractivity contribution < 1.29 is 9.84 Å². The lowest BCUT2D eigenvalue weighted by Crippen LogP contribution is -2.07. The van der Waals surface area contributed by atoms with Crippen molar-refractivity contribution >= 4 is 18.4 Å².